The number of carbonyl (C=O) groups is 1. The molecular formula is C12H14N4O. The van der Waals surface area contributed by atoms with E-state index in [9.17, 15) is 4.79 Å². The van der Waals surface area contributed by atoms with Gasteiger partial charge in [0.05, 0.1) is 11.7 Å². The van der Waals surface area contributed by atoms with Crippen LogP contribution in [0.3, 0.4) is 0 Å². The zero-order valence-electron chi connectivity index (χ0n) is 9.47. The predicted octanol–water partition coefficient (Wildman–Crippen LogP) is 1.36. The molecule has 0 aliphatic heterocycles. The summed E-state index contributed by atoms with van der Waals surface area (Å²) in [5, 5.41) is 9.48. The van der Waals surface area contributed by atoms with Crippen molar-refractivity contribution in [1.82, 2.24) is 10.2 Å². The molecule has 2 rings (SSSR count). The van der Waals surface area contributed by atoms with Gasteiger partial charge in [-0.2, -0.15) is 5.10 Å². The van der Waals surface area contributed by atoms with Gasteiger partial charge >= 0.3 is 0 Å². The highest BCUT2D eigenvalue weighted by molar-refractivity contribution is 5.94. The van der Waals surface area contributed by atoms with Gasteiger partial charge in [-0.25, -0.2) is 0 Å². The van der Waals surface area contributed by atoms with E-state index in [1.165, 1.54) is 0 Å². The van der Waals surface area contributed by atoms with Gasteiger partial charge in [-0.15, -0.1) is 0 Å². The van der Waals surface area contributed by atoms with Crippen LogP contribution < -0.4 is 11.1 Å². The minimum absolute atomic E-state index is 0.195. The number of aromatic nitrogens is 2. The Morgan fingerprint density at radius 1 is 1.35 bits per heavy atom. The van der Waals surface area contributed by atoms with Crippen molar-refractivity contribution in [3.05, 3.63) is 36.5 Å². The van der Waals surface area contributed by atoms with E-state index < -0.39 is 6.04 Å². The van der Waals surface area contributed by atoms with Crippen LogP contribution in [0.1, 0.15) is 6.92 Å². The van der Waals surface area contributed by atoms with Gasteiger partial charge in [-0.1, -0.05) is 12.1 Å². The lowest BCUT2D eigenvalue weighted by Gasteiger charge is -2.08. The van der Waals surface area contributed by atoms with Crippen LogP contribution in [0.25, 0.3) is 11.3 Å². The van der Waals surface area contributed by atoms with Crippen LogP contribution in [0.5, 0.6) is 0 Å². The molecule has 17 heavy (non-hydrogen) atoms. The van der Waals surface area contributed by atoms with Gasteiger partial charge in [0.1, 0.15) is 0 Å². The zero-order chi connectivity index (χ0) is 12.3. The molecule has 1 aromatic heterocycles. The van der Waals surface area contributed by atoms with E-state index in [1.54, 1.807) is 13.1 Å². The summed E-state index contributed by atoms with van der Waals surface area (Å²) < 4.78 is 0. The van der Waals surface area contributed by atoms with Crippen LogP contribution >= 0.6 is 0 Å². The number of amides is 1. The lowest BCUT2D eigenvalue weighted by Crippen LogP contribution is -2.32. The van der Waals surface area contributed by atoms with Crippen LogP contribution in [0, 0.1) is 0 Å². The molecule has 0 bridgehead atoms. The van der Waals surface area contributed by atoms with Crippen LogP contribution in [0.15, 0.2) is 36.5 Å². The van der Waals surface area contributed by atoms with Crippen LogP contribution in [-0.2, 0) is 4.79 Å². The molecule has 1 aromatic carbocycles. The predicted molar refractivity (Wildman–Crippen MR) is 66.3 cm³/mol. The van der Waals surface area contributed by atoms with Crippen molar-refractivity contribution in [3.63, 3.8) is 0 Å². The molecule has 0 fully saturated rings. The second-order valence-electron chi connectivity index (χ2n) is 3.83. The van der Waals surface area contributed by atoms with E-state index in [4.69, 9.17) is 5.73 Å². The van der Waals surface area contributed by atoms with Gasteiger partial charge in [-0.3, -0.25) is 9.89 Å². The third-order valence-electron chi connectivity index (χ3n) is 2.38. The Labute approximate surface area is 99.0 Å². The fraction of sp³-hybridized carbons (Fsp3) is 0.167. The maximum atomic E-state index is 11.4. The highest BCUT2D eigenvalue weighted by Gasteiger charge is 2.07. The van der Waals surface area contributed by atoms with Gasteiger partial charge in [-0.05, 0) is 30.7 Å². The highest BCUT2D eigenvalue weighted by atomic mass is 16.2. The van der Waals surface area contributed by atoms with Crippen molar-refractivity contribution in [2.75, 3.05) is 5.32 Å². The number of anilines is 1. The minimum atomic E-state index is -0.512. The molecule has 2 aromatic rings. The fourth-order valence-corrected chi connectivity index (χ4v) is 1.41. The second kappa shape index (κ2) is 4.80. The number of hydrogen-bond acceptors (Lipinski definition) is 3. The Hall–Kier alpha value is -2.14. The van der Waals surface area contributed by atoms with E-state index in [0.29, 0.717) is 0 Å². The molecule has 0 radical (unpaired) electrons. The summed E-state index contributed by atoms with van der Waals surface area (Å²) in [5.41, 5.74) is 8.15. The number of carbonyl (C=O) groups excluding carboxylic acids is 1. The Morgan fingerprint density at radius 3 is 2.59 bits per heavy atom. The number of rotatable bonds is 3. The third-order valence-corrected chi connectivity index (χ3v) is 2.38. The SMILES string of the molecule is C[C@H](N)C(=O)Nc1ccc(-c2ccn[nH]2)cc1. The molecule has 0 aliphatic rings. The molecule has 5 heteroatoms. The molecule has 1 amide bonds. The van der Waals surface area contributed by atoms with Crippen LogP contribution in [-0.4, -0.2) is 22.1 Å². The topological polar surface area (TPSA) is 83.8 Å². The summed E-state index contributed by atoms with van der Waals surface area (Å²) in [6, 6.07) is 8.85. The van der Waals surface area contributed by atoms with E-state index in [2.05, 4.69) is 15.5 Å². The maximum Gasteiger partial charge on any atom is 0.240 e. The van der Waals surface area contributed by atoms with E-state index in [1.807, 2.05) is 30.3 Å². The number of benzene rings is 1. The van der Waals surface area contributed by atoms with E-state index >= 15 is 0 Å². The van der Waals surface area contributed by atoms with Gasteiger partial charge in [0, 0.05) is 11.9 Å². The average molecular weight is 230 g/mol. The molecule has 4 N–H and O–H groups in total. The fourth-order valence-electron chi connectivity index (χ4n) is 1.41. The Morgan fingerprint density at radius 2 is 2.06 bits per heavy atom. The molecule has 5 nitrogen and oxygen atoms in total. The first-order valence-electron chi connectivity index (χ1n) is 5.33. The van der Waals surface area contributed by atoms with Crippen molar-refractivity contribution in [1.29, 1.82) is 0 Å². The Kier molecular flexibility index (Phi) is 3.20. The first-order valence-corrected chi connectivity index (χ1v) is 5.33. The molecule has 88 valence electrons. The molecule has 0 aliphatic carbocycles. The number of nitrogens with zero attached hydrogens (tertiary/aromatic N) is 1. The number of aromatic amines is 1. The number of hydrogen-bond donors (Lipinski definition) is 3. The molecule has 1 atom stereocenters. The normalized spacial score (nSPS) is 12.1. The third kappa shape index (κ3) is 2.70. The van der Waals surface area contributed by atoms with Crippen molar-refractivity contribution in [3.8, 4) is 11.3 Å². The quantitative estimate of drug-likeness (QED) is 0.744. The summed E-state index contributed by atoms with van der Waals surface area (Å²) >= 11 is 0. The van der Waals surface area contributed by atoms with Crippen molar-refractivity contribution < 1.29 is 4.79 Å². The molecular weight excluding hydrogens is 216 g/mol. The Bertz CT molecular complexity index is 488. The van der Waals surface area contributed by atoms with Gasteiger partial charge in [0.2, 0.25) is 5.91 Å². The lowest BCUT2D eigenvalue weighted by molar-refractivity contribution is -0.117. The minimum Gasteiger partial charge on any atom is -0.325 e. The lowest BCUT2D eigenvalue weighted by atomic mass is 10.1. The zero-order valence-corrected chi connectivity index (χ0v) is 9.47. The molecule has 0 saturated heterocycles. The van der Waals surface area contributed by atoms with E-state index in [0.717, 1.165) is 16.9 Å². The van der Waals surface area contributed by atoms with Crippen LogP contribution in [0.2, 0.25) is 0 Å². The number of nitrogens with one attached hydrogen (secondary N) is 2. The largest absolute Gasteiger partial charge is 0.325 e. The van der Waals surface area contributed by atoms with Crippen LogP contribution in [0.4, 0.5) is 5.69 Å². The monoisotopic (exact) mass is 230 g/mol. The van der Waals surface area contributed by atoms with Crippen molar-refractivity contribution in [2.45, 2.75) is 13.0 Å². The molecule has 0 saturated carbocycles. The summed E-state index contributed by atoms with van der Waals surface area (Å²) in [4.78, 5) is 11.4. The molecule has 0 unspecified atom stereocenters. The first-order chi connectivity index (χ1) is 8.16. The summed E-state index contributed by atoms with van der Waals surface area (Å²) in [5.74, 6) is -0.195. The Balaban J connectivity index is 2.11. The van der Waals surface area contributed by atoms with Crippen molar-refractivity contribution in [2.24, 2.45) is 5.73 Å². The summed E-state index contributed by atoms with van der Waals surface area (Å²) in [6.07, 6.45) is 1.70. The molecule has 0 spiro atoms. The second-order valence-corrected chi connectivity index (χ2v) is 3.83. The van der Waals surface area contributed by atoms with Gasteiger partial charge in [0.25, 0.3) is 0 Å². The molecule has 1 heterocycles. The van der Waals surface area contributed by atoms with Gasteiger partial charge < -0.3 is 11.1 Å². The van der Waals surface area contributed by atoms with E-state index in [-0.39, 0.29) is 5.91 Å². The summed E-state index contributed by atoms with van der Waals surface area (Å²) in [6.45, 7) is 1.65. The standard InChI is InChI=1S/C12H14N4O/c1-8(13)12(17)15-10-4-2-9(3-5-10)11-6-7-14-16-11/h2-8H,13H2,1H3,(H,14,16)(H,15,17)/t8-/m0/s1. The maximum absolute atomic E-state index is 11.4. The number of nitrogens with two attached hydrogens (primary N) is 1. The summed E-state index contributed by atoms with van der Waals surface area (Å²) in [7, 11) is 0. The highest BCUT2D eigenvalue weighted by Crippen LogP contribution is 2.18. The smallest absolute Gasteiger partial charge is 0.240 e. The first kappa shape index (κ1) is 11.3. The number of H-pyrrole nitrogens is 1. The van der Waals surface area contributed by atoms with Gasteiger partial charge in [0.15, 0.2) is 0 Å². The average Bonchev–Trinajstić information content (AvgIpc) is 2.83. The van der Waals surface area contributed by atoms with Crippen molar-refractivity contribution >= 4 is 11.6 Å².